The minimum Gasteiger partial charge on any atom is -0.381 e. The van der Waals surface area contributed by atoms with Crippen molar-refractivity contribution in [1.29, 1.82) is 0 Å². The Kier molecular flexibility index (Phi) is 2.53. The Bertz CT molecular complexity index is 419. The summed E-state index contributed by atoms with van der Waals surface area (Å²) in [5, 5.41) is 3.65. The van der Waals surface area contributed by atoms with Crippen molar-refractivity contribution >= 4 is 11.4 Å². The second kappa shape index (κ2) is 3.94. The van der Waals surface area contributed by atoms with Crippen molar-refractivity contribution < 1.29 is 0 Å². The highest BCUT2D eigenvalue weighted by molar-refractivity contribution is 5.74. The molecule has 3 rings (SSSR count). The molecular weight excluding hydrogens is 208 g/mol. The molecule has 0 aromatic heterocycles. The van der Waals surface area contributed by atoms with Crippen molar-refractivity contribution in [2.45, 2.75) is 44.6 Å². The fraction of sp³-hybridized carbons (Fsp3) is 0.600. The van der Waals surface area contributed by atoms with Crippen LogP contribution in [-0.4, -0.2) is 19.1 Å². The van der Waals surface area contributed by atoms with Gasteiger partial charge in [-0.3, -0.25) is 0 Å². The molecule has 0 saturated heterocycles. The molecule has 1 N–H and O–H groups in total. The quantitative estimate of drug-likeness (QED) is 0.733. The van der Waals surface area contributed by atoms with Gasteiger partial charge in [0.15, 0.2) is 0 Å². The lowest BCUT2D eigenvalue weighted by atomic mass is 9.79. The second-order valence-electron chi connectivity index (χ2n) is 5.72. The number of benzene rings is 1. The summed E-state index contributed by atoms with van der Waals surface area (Å²) >= 11 is 0. The predicted octanol–water partition coefficient (Wildman–Crippen LogP) is 3.56. The zero-order valence-electron chi connectivity index (χ0n) is 10.9. The number of rotatable bonds is 0. The summed E-state index contributed by atoms with van der Waals surface area (Å²) in [6.07, 6.45) is 6.85. The maximum atomic E-state index is 3.65. The molecule has 1 saturated carbocycles. The van der Waals surface area contributed by atoms with Crippen LogP contribution >= 0.6 is 0 Å². The maximum absolute atomic E-state index is 3.65. The maximum Gasteiger partial charge on any atom is 0.0604 e. The fourth-order valence-corrected chi connectivity index (χ4v) is 3.44. The van der Waals surface area contributed by atoms with Crippen molar-refractivity contribution in [1.82, 2.24) is 0 Å². The van der Waals surface area contributed by atoms with Crippen LogP contribution in [0, 0.1) is 6.92 Å². The highest BCUT2D eigenvalue weighted by Crippen LogP contribution is 2.42. The normalized spacial score (nSPS) is 22.1. The lowest BCUT2D eigenvalue weighted by molar-refractivity contribution is 0.294. The van der Waals surface area contributed by atoms with Crippen LogP contribution < -0.4 is 10.2 Å². The number of nitrogens with one attached hydrogen (secondary N) is 1. The molecule has 1 aromatic carbocycles. The Morgan fingerprint density at radius 1 is 1.18 bits per heavy atom. The summed E-state index contributed by atoms with van der Waals surface area (Å²) in [6, 6.07) is 6.76. The molecule has 1 aromatic rings. The molecule has 0 unspecified atom stereocenters. The highest BCUT2D eigenvalue weighted by Gasteiger charge is 2.39. The van der Waals surface area contributed by atoms with Gasteiger partial charge in [-0.25, -0.2) is 0 Å². The van der Waals surface area contributed by atoms with Gasteiger partial charge in [0.25, 0.3) is 0 Å². The Labute approximate surface area is 104 Å². The van der Waals surface area contributed by atoms with Gasteiger partial charge in [0.1, 0.15) is 0 Å². The Morgan fingerprint density at radius 2 is 1.94 bits per heavy atom. The lowest BCUT2D eigenvalue weighted by Crippen LogP contribution is -2.55. The zero-order valence-corrected chi connectivity index (χ0v) is 10.9. The Morgan fingerprint density at radius 3 is 2.71 bits per heavy atom. The minimum atomic E-state index is 0.376. The van der Waals surface area contributed by atoms with Gasteiger partial charge in [0.2, 0.25) is 0 Å². The van der Waals surface area contributed by atoms with E-state index < -0.39 is 0 Å². The van der Waals surface area contributed by atoms with Gasteiger partial charge < -0.3 is 10.2 Å². The third-order valence-corrected chi connectivity index (χ3v) is 4.62. The molecule has 1 aliphatic heterocycles. The van der Waals surface area contributed by atoms with Crippen molar-refractivity contribution in [3.8, 4) is 0 Å². The molecule has 0 bridgehead atoms. The van der Waals surface area contributed by atoms with E-state index in [0.29, 0.717) is 5.54 Å². The van der Waals surface area contributed by atoms with Crippen molar-refractivity contribution in [2.75, 3.05) is 23.8 Å². The van der Waals surface area contributed by atoms with E-state index in [2.05, 4.69) is 42.4 Å². The number of anilines is 2. The zero-order chi connectivity index (χ0) is 11.9. The van der Waals surface area contributed by atoms with Crippen molar-refractivity contribution in [3.63, 3.8) is 0 Å². The van der Waals surface area contributed by atoms with E-state index >= 15 is 0 Å². The van der Waals surface area contributed by atoms with E-state index in [4.69, 9.17) is 0 Å². The van der Waals surface area contributed by atoms with Crippen LogP contribution in [0.2, 0.25) is 0 Å². The first-order valence-corrected chi connectivity index (χ1v) is 6.80. The molecule has 1 spiro atoms. The lowest BCUT2D eigenvalue weighted by Gasteiger charge is -2.50. The van der Waals surface area contributed by atoms with Gasteiger partial charge in [0, 0.05) is 13.6 Å². The second-order valence-corrected chi connectivity index (χ2v) is 5.72. The monoisotopic (exact) mass is 230 g/mol. The number of fused-ring (bicyclic) bond motifs is 1. The van der Waals surface area contributed by atoms with Gasteiger partial charge >= 0.3 is 0 Å². The summed E-state index contributed by atoms with van der Waals surface area (Å²) in [6.45, 7) is 3.27. The standard InChI is InChI=1S/C15H22N2/c1-12-6-7-14-13(10-12)16-11-15(17(14)2)8-4-3-5-9-15/h6-7,10,16H,3-5,8-9,11H2,1-2H3. The van der Waals surface area contributed by atoms with Crippen LogP contribution in [0.4, 0.5) is 11.4 Å². The molecule has 0 radical (unpaired) electrons. The van der Waals surface area contributed by atoms with Crippen LogP contribution in [0.1, 0.15) is 37.7 Å². The van der Waals surface area contributed by atoms with Gasteiger partial charge in [-0.15, -0.1) is 0 Å². The third kappa shape index (κ3) is 1.70. The molecule has 2 nitrogen and oxygen atoms in total. The number of likely N-dealkylation sites (N-methyl/N-ethyl adjacent to an activating group) is 1. The van der Waals surface area contributed by atoms with E-state index in [9.17, 15) is 0 Å². The fourth-order valence-electron chi connectivity index (χ4n) is 3.44. The van der Waals surface area contributed by atoms with Crippen molar-refractivity contribution in [3.05, 3.63) is 23.8 Å². The van der Waals surface area contributed by atoms with Gasteiger partial charge in [0.05, 0.1) is 16.9 Å². The molecular formula is C15H22N2. The summed E-state index contributed by atoms with van der Waals surface area (Å²) in [7, 11) is 2.28. The van der Waals surface area contributed by atoms with Crippen LogP contribution in [0.15, 0.2) is 18.2 Å². The third-order valence-electron chi connectivity index (χ3n) is 4.62. The van der Waals surface area contributed by atoms with Gasteiger partial charge in [-0.05, 0) is 37.5 Å². The molecule has 1 fully saturated rings. The van der Waals surface area contributed by atoms with Gasteiger partial charge in [-0.1, -0.05) is 25.3 Å². The van der Waals surface area contributed by atoms with Crippen LogP contribution in [-0.2, 0) is 0 Å². The molecule has 0 atom stereocenters. The SMILES string of the molecule is Cc1ccc2c(c1)NCC1(CCCCC1)N2C. The predicted molar refractivity (Wildman–Crippen MR) is 73.9 cm³/mol. The number of aryl methyl sites for hydroxylation is 1. The van der Waals surface area contributed by atoms with Crippen LogP contribution in [0.25, 0.3) is 0 Å². The first kappa shape index (κ1) is 10.9. The smallest absolute Gasteiger partial charge is 0.0604 e. The van der Waals surface area contributed by atoms with E-state index in [0.717, 1.165) is 6.54 Å². The van der Waals surface area contributed by atoms with E-state index in [-0.39, 0.29) is 0 Å². The molecule has 0 amide bonds. The summed E-state index contributed by atoms with van der Waals surface area (Å²) in [4.78, 5) is 2.54. The minimum absolute atomic E-state index is 0.376. The summed E-state index contributed by atoms with van der Waals surface area (Å²) < 4.78 is 0. The molecule has 92 valence electrons. The van der Waals surface area contributed by atoms with Gasteiger partial charge in [-0.2, -0.15) is 0 Å². The average molecular weight is 230 g/mol. The Hall–Kier alpha value is -1.18. The summed E-state index contributed by atoms with van der Waals surface area (Å²) in [5.74, 6) is 0. The largest absolute Gasteiger partial charge is 0.381 e. The number of hydrogen-bond acceptors (Lipinski definition) is 2. The topological polar surface area (TPSA) is 15.3 Å². The summed E-state index contributed by atoms with van der Waals surface area (Å²) in [5.41, 5.74) is 4.40. The highest BCUT2D eigenvalue weighted by atomic mass is 15.2. The molecule has 2 heteroatoms. The number of hydrogen-bond donors (Lipinski definition) is 1. The Balaban J connectivity index is 1.96. The molecule has 2 aliphatic rings. The first-order valence-electron chi connectivity index (χ1n) is 6.80. The van der Waals surface area contributed by atoms with Crippen LogP contribution in [0.3, 0.4) is 0 Å². The molecule has 17 heavy (non-hydrogen) atoms. The molecule has 1 aliphatic carbocycles. The van der Waals surface area contributed by atoms with E-state index in [1.807, 2.05) is 0 Å². The van der Waals surface area contributed by atoms with Crippen LogP contribution in [0.5, 0.6) is 0 Å². The van der Waals surface area contributed by atoms with Crippen molar-refractivity contribution in [2.24, 2.45) is 0 Å². The number of nitrogens with zero attached hydrogens (tertiary/aromatic N) is 1. The first-order chi connectivity index (χ1) is 8.21. The molecule has 1 heterocycles. The van der Waals surface area contributed by atoms with E-state index in [1.54, 1.807) is 0 Å². The average Bonchev–Trinajstić information content (AvgIpc) is 2.36. The van der Waals surface area contributed by atoms with E-state index in [1.165, 1.54) is 49.0 Å².